The molecule has 0 fully saturated rings. The van der Waals surface area contributed by atoms with Crippen LogP contribution in [0.25, 0.3) is 0 Å². The molecule has 2 aromatic carbocycles. The standard InChI is InChI=1S/C13H9BrF4N2/c14-10-5-7(19)1-4-12(10)20-8-2-3-11(15)9(6-8)13(16,17)18/h1-6,20H,19H2. The topological polar surface area (TPSA) is 38.0 Å². The summed E-state index contributed by atoms with van der Waals surface area (Å²) < 4.78 is 51.6. The molecule has 0 spiro atoms. The van der Waals surface area contributed by atoms with E-state index in [-0.39, 0.29) is 5.69 Å². The third-order valence-electron chi connectivity index (χ3n) is 2.54. The zero-order valence-electron chi connectivity index (χ0n) is 9.93. The molecule has 2 aromatic rings. The Hall–Kier alpha value is -1.76. The predicted molar refractivity (Wildman–Crippen MR) is 73.2 cm³/mol. The molecule has 0 amide bonds. The zero-order chi connectivity index (χ0) is 14.9. The first-order valence-corrected chi connectivity index (χ1v) is 6.25. The zero-order valence-corrected chi connectivity index (χ0v) is 11.5. The first kappa shape index (κ1) is 14.6. The minimum atomic E-state index is -4.74. The molecule has 0 aliphatic heterocycles. The van der Waals surface area contributed by atoms with Crippen molar-refractivity contribution in [3.8, 4) is 0 Å². The van der Waals surface area contributed by atoms with Gasteiger partial charge in [0.25, 0.3) is 0 Å². The molecular weight excluding hydrogens is 340 g/mol. The van der Waals surface area contributed by atoms with Gasteiger partial charge in [0.15, 0.2) is 0 Å². The number of nitrogen functional groups attached to an aromatic ring is 1. The quantitative estimate of drug-likeness (QED) is 0.596. The molecule has 2 rings (SSSR count). The summed E-state index contributed by atoms with van der Waals surface area (Å²) in [6.07, 6.45) is -4.74. The smallest absolute Gasteiger partial charge is 0.399 e. The second-order valence-electron chi connectivity index (χ2n) is 4.06. The SMILES string of the molecule is Nc1ccc(Nc2ccc(F)c(C(F)(F)F)c2)c(Br)c1. The van der Waals surface area contributed by atoms with Crippen molar-refractivity contribution in [2.75, 3.05) is 11.1 Å². The van der Waals surface area contributed by atoms with Crippen LogP contribution in [0.15, 0.2) is 40.9 Å². The van der Waals surface area contributed by atoms with Crippen molar-refractivity contribution in [2.45, 2.75) is 6.18 Å². The number of benzene rings is 2. The minimum absolute atomic E-state index is 0.129. The molecule has 20 heavy (non-hydrogen) atoms. The molecule has 0 unspecified atom stereocenters. The minimum Gasteiger partial charge on any atom is -0.399 e. The highest BCUT2D eigenvalue weighted by Crippen LogP contribution is 2.34. The highest BCUT2D eigenvalue weighted by Gasteiger charge is 2.34. The van der Waals surface area contributed by atoms with Crippen LogP contribution in [-0.2, 0) is 6.18 Å². The van der Waals surface area contributed by atoms with Crippen molar-refractivity contribution in [2.24, 2.45) is 0 Å². The van der Waals surface area contributed by atoms with Crippen LogP contribution >= 0.6 is 15.9 Å². The van der Waals surface area contributed by atoms with Gasteiger partial charge in [-0.1, -0.05) is 0 Å². The van der Waals surface area contributed by atoms with Gasteiger partial charge in [-0.2, -0.15) is 13.2 Å². The van der Waals surface area contributed by atoms with Crippen molar-refractivity contribution in [1.82, 2.24) is 0 Å². The van der Waals surface area contributed by atoms with Gasteiger partial charge in [-0.05, 0) is 52.3 Å². The Bertz CT molecular complexity index is 641. The van der Waals surface area contributed by atoms with Gasteiger partial charge in [0.1, 0.15) is 5.82 Å². The largest absolute Gasteiger partial charge is 0.419 e. The summed E-state index contributed by atoms with van der Waals surface area (Å²) in [6, 6.07) is 7.54. The number of anilines is 3. The van der Waals surface area contributed by atoms with E-state index in [2.05, 4.69) is 21.2 Å². The lowest BCUT2D eigenvalue weighted by atomic mass is 10.1. The number of hydrogen-bond acceptors (Lipinski definition) is 2. The van der Waals surface area contributed by atoms with Gasteiger partial charge in [0, 0.05) is 15.8 Å². The van der Waals surface area contributed by atoms with Gasteiger partial charge in [-0.25, -0.2) is 4.39 Å². The van der Waals surface area contributed by atoms with E-state index in [9.17, 15) is 17.6 Å². The number of alkyl halides is 3. The van der Waals surface area contributed by atoms with E-state index < -0.39 is 17.6 Å². The Kier molecular flexibility index (Phi) is 3.89. The molecule has 0 radical (unpaired) electrons. The van der Waals surface area contributed by atoms with Crippen molar-refractivity contribution >= 4 is 33.0 Å². The van der Waals surface area contributed by atoms with E-state index in [1.165, 1.54) is 6.07 Å². The fourth-order valence-electron chi connectivity index (χ4n) is 1.61. The molecule has 0 bridgehead atoms. The van der Waals surface area contributed by atoms with Crippen LogP contribution in [-0.4, -0.2) is 0 Å². The second-order valence-corrected chi connectivity index (χ2v) is 4.91. The van der Waals surface area contributed by atoms with Crippen molar-refractivity contribution < 1.29 is 17.6 Å². The summed E-state index contributed by atoms with van der Waals surface area (Å²) in [5.41, 5.74) is 5.42. The number of hydrogen-bond donors (Lipinski definition) is 2. The van der Waals surface area contributed by atoms with Gasteiger partial charge in [0.05, 0.1) is 11.3 Å². The van der Waals surface area contributed by atoms with E-state index in [0.29, 0.717) is 15.8 Å². The lowest BCUT2D eigenvalue weighted by Crippen LogP contribution is -2.08. The molecule has 0 saturated heterocycles. The van der Waals surface area contributed by atoms with E-state index >= 15 is 0 Å². The highest BCUT2D eigenvalue weighted by atomic mass is 79.9. The molecule has 0 aliphatic carbocycles. The highest BCUT2D eigenvalue weighted by molar-refractivity contribution is 9.10. The van der Waals surface area contributed by atoms with Crippen LogP contribution < -0.4 is 11.1 Å². The Morgan fingerprint density at radius 1 is 1.05 bits per heavy atom. The van der Waals surface area contributed by atoms with Crippen molar-refractivity contribution in [1.29, 1.82) is 0 Å². The maximum Gasteiger partial charge on any atom is 0.419 e. The number of nitrogens with two attached hydrogens (primary N) is 1. The van der Waals surface area contributed by atoms with Crippen molar-refractivity contribution in [3.63, 3.8) is 0 Å². The third kappa shape index (κ3) is 3.22. The summed E-state index contributed by atoms with van der Waals surface area (Å²) in [4.78, 5) is 0. The molecule has 0 aliphatic rings. The van der Waals surface area contributed by atoms with E-state index in [1.54, 1.807) is 18.2 Å². The van der Waals surface area contributed by atoms with Gasteiger partial charge in [-0.3, -0.25) is 0 Å². The fraction of sp³-hybridized carbons (Fsp3) is 0.0769. The Labute approximate surface area is 120 Å². The molecule has 7 heteroatoms. The maximum atomic E-state index is 13.2. The molecule has 0 aromatic heterocycles. The first-order chi connectivity index (χ1) is 9.27. The number of nitrogens with one attached hydrogen (secondary N) is 1. The monoisotopic (exact) mass is 348 g/mol. The third-order valence-corrected chi connectivity index (χ3v) is 3.20. The van der Waals surface area contributed by atoms with Crippen LogP contribution in [0.3, 0.4) is 0 Å². The number of halogens is 5. The molecule has 0 atom stereocenters. The van der Waals surface area contributed by atoms with Crippen LogP contribution in [0.2, 0.25) is 0 Å². The average molecular weight is 349 g/mol. The predicted octanol–water partition coefficient (Wildman–Crippen LogP) is 4.93. The summed E-state index contributed by atoms with van der Waals surface area (Å²) >= 11 is 3.24. The first-order valence-electron chi connectivity index (χ1n) is 5.46. The number of rotatable bonds is 2. The molecular formula is C13H9BrF4N2. The van der Waals surface area contributed by atoms with Gasteiger partial charge in [0.2, 0.25) is 0 Å². The molecule has 0 saturated carbocycles. The summed E-state index contributed by atoms with van der Waals surface area (Å²) in [6.45, 7) is 0. The van der Waals surface area contributed by atoms with Crippen LogP contribution in [0, 0.1) is 5.82 Å². The maximum absolute atomic E-state index is 13.2. The fourth-order valence-corrected chi connectivity index (χ4v) is 2.10. The van der Waals surface area contributed by atoms with Crippen LogP contribution in [0.4, 0.5) is 34.6 Å². The van der Waals surface area contributed by atoms with Crippen LogP contribution in [0.5, 0.6) is 0 Å². The van der Waals surface area contributed by atoms with Gasteiger partial charge < -0.3 is 11.1 Å². The molecule has 0 heterocycles. The molecule has 106 valence electrons. The van der Waals surface area contributed by atoms with Gasteiger partial charge in [-0.15, -0.1) is 0 Å². The molecule has 2 nitrogen and oxygen atoms in total. The van der Waals surface area contributed by atoms with E-state index in [1.807, 2.05) is 0 Å². The van der Waals surface area contributed by atoms with E-state index in [4.69, 9.17) is 5.73 Å². The summed E-state index contributed by atoms with van der Waals surface area (Å²) in [5.74, 6) is -1.31. The summed E-state index contributed by atoms with van der Waals surface area (Å²) in [5, 5.41) is 2.77. The molecule has 3 N–H and O–H groups in total. The lowest BCUT2D eigenvalue weighted by molar-refractivity contribution is -0.139. The Morgan fingerprint density at radius 2 is 1.75 bits per heavy atom. The van der Waals surface area contributed by atoms with Gasteiger partial charge >= 0.3 is 6.18 Å². The van der Waals surface area contributed by atoms with Crippen LogP contribution in [0.1, 0.15) is 5.56 Å². The second kappa shape index (κ2) is 5.32. The summed E-state index contributed by atoms with van der Waals surface area (Å²) in [7, 11) is 0. The normalized spacial score (nSPS) is 11.4. The van der Waals surface area contributed by atoms with E-state index in [0.717, 1.165) is 12.1 Å². The van der Waals surface area contributed by atoms with Crippen molar-refractivity contribution in [3.05, 3.63) is 52.3 Å². The Balaban J connectivity index is 2.35. The average Bonchev–Trinajstić information content (AvgIpc) is 2.33. The Morgan fingerprint density at radius 3 is 2.35 bits per heavy atom. The lowest BCUT2D eigenvalue weighted by Gasteiger charge is -2.13.